The van der Waals surface area contributed by atoms with Crippen LogP contribution in [-0.4, -0.2) is 42.3 Å². The number of benzene rings is 1. The highest BCUT2D eigenvalue weighted by Crippen LogP contribution is 2.22. The molecule has 0 saturated heterocycles. The van der Waals surface area contributed by atoms with Crippen molar-refractivity contribution in [3.8, 4) is 0 Å². The first kappa shape index (κ1) is 17.5. The Bertz CT molecular complexity index is 435. The van der Waals surface area contributed by atoms with Crippen LogP contribution in [0.2, 0.25) is 0 Å². The highest BCUT2D eigenvalue weighted by molar-refractivity contribution is 5.74. The van der Waals surface area contributed by atoms with Gasteiger partial charge in [0.15, 0.2) is 0 Å². The first-order chi connectivity index (χ1) is 9.90. The molecule has 0 atom stereocenters. The van der Waals surface area contributed by atoms with Crippen LogP contribution in [0.25, 0.3) is 0 Å². The van der Waals surface area contributed by atoms with Crippen molar-refractivity contribution in [3.63, 3.8) is 0 Å². The third-order valence-corrected chi connectivity index (χ3v) is 3.67. The third-order valence-electron chi connectivity index (χ3n) is 3.67. The molecule has 0 fully saturated rings. The number of amides is 2. The zero-order valence-electron chi connectivity index (χ0n) is 13.6. The number of nitrogens with one attached hydrogen (secondary N) is 1. The van der Waals surface area contributed by atoms with Crippen molar-refractivity contribution in [3.05, 3.63) is 35.4 Å². The molecule has 0 saturated carbocycles. The standard InChI is InChI=1S/C17H28N2O2/c1-5-10-19(11-12-20)16(21)18-13-17(3,4)15-8-6-14(2)7-9-15/h6-9,20H,5,10-13H2,1-4H3,(H,18,21). The highest BCUT2D eigenvalue weighted by atomic mass is 16.3. The van der Waals surface area contributed by atoms with Gasteiger partial charge in [0.2, 0.25) is 0 Å². The average Bonchev–Trinajstić information content (AvgIpc) is 2.45. The molecular formula is C17H28N2O2. The summed E-state index contributed by atoms with van der Waals surface area (Å²) in [4.78, 5) is 13.8. The van der Waals surface area contributed by atoms with Gasteiger partial charge in [-0.1, -0.05) is 50.6 Å². The van der Waals surface area contributed by atoms with Crippen LogP contribution < -0.4 is 5.32 Å². The first-order valence-corrected chi connectivity index (χ1v) is 7.61. The van der Waals surface area contributed by atoms with Gasteiger partial charge < -0.3 is 15.3 Å². The monoisotopic (exact) mass is 292 g/mol. The maximum absolute atomic E-state index is 12.2. The molecule has 1 rings (SSSR count). The van der Waals surface area contributed by atoms with Gasteiger partial charge in [0, 0.05) is 25.0 Å². The highest BCUT2D eigenvalue weighted by Gasteiger charge is 2.22. The zero-order valence-corrected chi connectivity index (χ0v) is 13.6. The minimum absolute atomic E-state index is 0.00518. The van der Waals surface area contributed by atoms with E-state index in [4.69, 9.17) is 5.11 Å². The molecule has 0 aliphatic rings. The van der Waals surface area contributed by atoms with E-state index in [0.717, 1.165) is 6.42 Å². The maximum Gasteiger partial charge on any atom is 0.317 e. The molecule has 0 spiro atoms. The summed E-state index contributed by atoms with van der Waals surface area (Å²) in [5.41, 5.74) is 2.31. The minimum atomic E-state index is -0.125. The molecule has 4 nitrogen and oxygen atoms in total. The van der Waals surface area contributed by atoms with Gasteiger partial charge in [-0.15, -0.1) is 0 Å². The van der Waals surface area contributed by atoms with E-state index in [1.165, 1.54) is 11.1 Å². The van der Waals surface area contributed by atoms with E-state index in [9.17, 15) is 4.79 Å². The Morgan fingerprint density at radius 1 is 1.24 bits per heavy atom. The van der Waals surface area contributed by atoms with Crippen LogP contribution in [0.4, 0.5) is 4.79 Å². The van der Waals surface area contributed by atoms with Crippen molar-refractivity contribution in [1.82, 2.24) is 10.2 Å². The van der Waals surface area contributed by atoms with E-state index < -0.39 is 0 Å². The zero-order chi connectivity index (χ0) is 15.9. The molecule has 0 aromatic heterocycles. The van der Waals surface area contributed by atoms with E-state index in [1.807, 2.05) is 6.92 Å². The normalized spacial score (nSPS) is 11.3. The van der Waals surface area contributed by atoms with Gasteiger partial charge in [0.05, 0.1) is 6.61 Å². The number of urea groups is 1. The fourth-order valence-electron chi connectivity index (χ4n) is 2.22. The van der Waals surface area contributed by atoms with Gasteiger partial charge in [-0.25, -0.2) is 4.79 Å². The summed E-state index contributed by atoms with van der Waals surface area (Å²) in [5.74, 6) is 0. The van der Waals surface area contributed by atoms with E-state index in [0.29, 0.717) is 19.6 Å². The minimum Gasteiger partial charge on any atom is -0.395 e. The summed E-state index contributed by atoms with van der Waals surface area (Å²) in [6.07, 6.45) is 0.884. The number of rotatable bonds is 7. The second kappa shape index (κ2) is 8.03. The fourth-order valence-corrected chi connectivity index (χ4v) is 2.22. The van der Waals surface area contributed by atoms with Crippen molar-refractivity contribution >= 4 is 6.03 Å². The quantitative estimate of drug-likeness (QED) is 0.812. The van der Waals surface area contributed by atoms with E-state index in [2.05, 4.69) is 50.4 Å². The number of aliphatic hydroxyl groups excluding tert-OH is 1. The molecule has 2 amide bonds. The first-order valence-electron chi connectivity index (χ1n) is 7.61. The molecule has 0 unspecified atom stereocenters. The van der Waals surface area contributed by atoms with Crippen LogP contribution in [-0.2, 0) is 5.41 Å². The summed E-state index contributed by atoms with van der Waals surface area (Å²) in [6, 6.07) is 8.30. The lowest BCUT2D eigenvalue weighted by atomic mass is 9.84. The summed E-state index contributed by atoms with van der Waals surface area (Å²) >= 11 is 0. The Hall–Kier alpha value is -1.55. The Morgan fingerprint density at radius 3 is 2.38 bits per heavy atom. The van der Waals surface area contributed by atoms with Gasteiger partial charge in [0.25, 0.3) is 0 Å². The van der Waals surface area contributed by atoms with Crippen LogP contribution in [0.5, 0.6) is 0 Å². The van der Waals surface area contributed by atoms with E-state index >= 15 is 0 Å². The Morgan fingerprint density at radius 2 is 1.86 bits per heavy atom. The molecule has 1 aromatic rings. The second-order valence-electron chi connectivity index (χ2n) is 6.12. The lowest BCUT2D eigenvalue weighted by molar-refractivity contribution is 0.175. The SMILES string of the molecule is CCCN(CCO)C(=O)NCC(C)(C)c1ccc(C)cc1. The maximum atomic E-state index is 12.2. The van der Waals surface area contributed by atoms with Crippen molar-refractivity contribution in [2.24, 2.45) is 0 Å². The van der Waals surface area contributed by atoms with Gasteiger partial charge in [-0.05, 0) is 18.9 Å². The van der Waals surface area contributed by atoms with E-state index in [1.54, 1.807) is 4.90 Å². The van der Waals surface area contributed by atoms with Gasteiger partial charge in [-0.2, -0.15) is 0 Å². The van der Waals surface area contributed by atoms with Crippen LogP contribution in [0, 0.1) is 6.92 Å². The Balaban J connectivity index is 2.63. The van der Waals surface area contributed by atoms with Crippen molar-refractivity contribution in [2.45, 2.75) is 39.5 Å². The van der Waals surface area contributed by atoms with Gasteiger partial charge in [-0.3, -0.25) is 0 Å². The number of carbonyl (C=O) groups is 1. The fraction of sp³-hybridized carbons (Fsp3) is 0.588. The molecule has 0 radical (unpaired) electrons. The van der Waals surface area contributed by atoms with Crippen LogP contribution in [0.15, 0.2) is 24.3 Å². The number of aliphatic hydroxyl groups is 1. The van der Waals surface area contributed by atoms with Crippen molar-refractivity contribution < 1.29 is 9.90 Å². The number of hydrogen-bond acceptors (Lipinski definition) is 2. The molecule has 0 bridgehead atoms. The number of carbonyl (C=O) groups excluding carboxylic acids is 1. The summed E-state index contributed by atoms with van der Waals surface area (Å²) < 4.78 is 0. The smallest absolute Gasteiger partial charge is 0.317 e. The van der Waals surface area contributed by atoms with Crippen molar-refractivity contribution in [1.29, 1.82) is 0 Å². The average molecular weight is 292 g/mol. The summed E-state index contributed by atoms with van der Waals surface area (Å²) in [6.45, 7) is 9.93. The predicted molar refractivity (Wildman–Crippen MR) is 86.6 cm³/mol. The molecule has 0 heterocycles. The van der Waals surface area contributed by atoms with Crippen LogP contribution in [0.1, 0.15) is 38.3 Å². The lowest BCUT2D eigenvalue weighted by Gasteiger charge is -2.28. The molecule has 0 aliphatic carbocycles. The summed E-state index contributed by atoms with van der Waals surface area (Å²) in [5, 5.41) is 12.0. The van der Waals surface area contributed by atoms with Crippen LogP contribution in [0.3, 0.4) is 0 Å². The van der Waals surface area contributed by atoms with Gasteiger partial charge >= 0.3 is 6.03 Å². The van der Waals surface area contributed by atoms with Crippen molar-refractivity contribution in [2.75, 3.05) is 26.2 Å². The molecular weight excluding hydrogens is 264 g/mol. The van der Waals surface area contributed by atoms with Gasteiger partial charge in [0.1, 0.15) is 0 Å². The lowest BCUT2D eigenvalue weighted by Crippen LogP contribution is -2.46. The molecule has 1 aromatic carbocycles. The Kier molecular flexibility index (Phi) is 6.69. The second-order valence-corrected chi connectivity index (χ2v) is 6.12. The van der Waals surface area contributed by atoms with E-state index in [-0.39, 0.29) is 18.1 Å². The molecule has 0 aliphatic heterocycles. The molecule has 118 valence electrons. The molecule has 2 N–H and O–H groups in total. The predicted octanol–water partition coefficient (Wildman–Crippen LogP) is 2.69. The Labute approximate surface area is 128 Å². The summed E-state index contributed by atoms with van der Waals surface area (Å²) in [7, 11) is 0. The van der Waals surface area contributed by atoms with Crippen LogP contribution >= 0.6 is 0 Å². The number of hydrogen-bond donors (Lipinski definition) is 2. The number of aryl methyl sites for hydroxylation is 1. The largest absolute Gasteiger partial charge is 0.395 e. The number of nitrogens with zero attached hydrogens (tertiary/aromatic N) is 1. The third kappa shape index (κ3) is 5.38. The topological polar surface area (TPSA) is 52.6 Å². The molecule has 21 heavy (non-hydrogen) atoms. The molecule has 4 heteroatoms.